The van der Waals surface area contributed by atoms with Crippen LogP contribution in [-0.2, 0) is 11.2 Å². The Morgan fingerprint density at radius 2 is 1.69 bits per heavy atom. The maximum absolute atomic E-state index is 13.4. The lowest BCUT2D eigenvalue weighted by atomic mass is 9.65. The van der Waals surface area contributed by atoms with Gasteiger partial charge in [-0.3, -0.25) is 4.79 Å². The average Bonchev–Trinajstić information content (AvgIpc) is 2.73. The molecule has 2 N–H and O–H groups in total. The van der Waals surface area contributed by atoms with E-state index < -0.39 is 5.54 Å². The summed E-state index contributed by atoms with van der Waals surface area (Å²) < 4.78 is 0. The van der Waals surface area contributed by atoms with Gasteiger partial charge in [-0.05, 0) is 56.7 Å². The Morgan fingerprint density at radius 1 is 1.14 bits per heavy atom. The highest BCUT2D eigenvalue weighted by atomic mass is 16.1. The molecule has 29 heavy (non-hydrogen) atoms. The number of Topliss-reactive ketones (excluding diaryl/α,β-unsaturated/α-hetero) is 1. The fraction of sp³-hybridized carbons (Fsp3) is 0.731. The Kier molecular flexibility index (Phi) is 15.0. The van der Waals surface area contributed by atoms with Crippen LogP contribution in [0, 0.1) is 12.3 Å². The van der Waals surface area contributed by atoms with Gasteiger partial charge in [0.05, 0.1) is 11.6 Å². The Balaban J connectivity index is 0. The van der Waals surface area contributed by atoms with Crippen molar-refractivity contribution in [2.24, 2.45) is 5.41 Å². The topological polar surface area (TPSA) is 41.1 Å². The molecule has 1 aromatic carbocycles. The average molecular weight is 407 g/mol. The number of hydrogen-bond donors (Lipinski definition) is 2. The Hall–Kier alpha value is -1.35. The lowest BCUT2D eigenvalue weighted by molar-refractivity contribution is -0.129. The standard InChI is InChI=1S/C20H32N2O.3C2H6/c1-7-13-19(3,4)20(5)18(23)16(21-6)12-11-15-10-8-9-14(2)17(15)22-20;3*1-2/h8-10,16,21-22H,7,11-13H2,1-6H3;3*1-2H3. The Labute approximate surface area is 182 Å². The van der Waals surface area contributed by atoms with Crippen molar-refractivity contribution in [3.63, 3.8) is 0 Å². The third kappa shape index (κ3) is 7.13. The van der Waals surface area contributed by atoms with Crippen LogP contribution in [0.1, 0.15) is 99.6 Å². The first-order chi connectivity index (χ1) is 13.8. The summed E-state index contributed by atoms with van der Waals surface area (Å²) in [4.78, 5) is 13.4. The fourth-order valence-electron chi connectivity index (χ4n) is 3.86. The number of likely N-dealkylation sites (N-methyl/N-ethyl adjacent to an activating group) is 1. The lowest BCUT2D eigenvalue weighted by Gasteiger charge is -2.47. The minimum atomic E-state index is -0.585. The van der Waals surface area contributed by atoms with Crippen LogP contribution in [0.4, 0.5) is 5.69 Å². The highest BCUT2D eigenvalue weighted by Crippen LogP contribution is 2.42. The lowest BCUT2D eigenvalue weighted by Crippen LogP contribution is -2.61. The van der Waals surface area contributed by atoms with Gasteiger partial charge >= 0.3 is 0 Å². The molecule has 1 aromatic rings. The number of fused-ring (bicyclic) bond motifs is 1. The van der Waals surface area contributed by atoms with E-state index >= 15 is 0 Å². The summed E-state index contributed by atoms with van der Waals surface area (Å²) in [6.45, 7) is 22.8. The number of hydrogen-bond acceptors (Lipinski definition) is 3. The Morgan fingerprint density at radius 3 is 2.17 bits per heavy atom. The van der Waals surface area contributed by atoms with Crippen LogP contribution in [0.2, 0.25) is 0 Å². The summed E-state index contributed by atoms with van der Waals surface area (Å²) in [5.41, 5.74) is 2.98. The van der Waals surface area contributed by atoms with Crippen molar-refractivity contribution in [1.29, 1.82) is 0 Å². The van der Waals surface area contributed by atoms with E-state index in [-0.39, 0.29) is 17.2 Å². The second-order valence-electron chi connectivity index (χ2n) is 7.74. The normalized spacial score (nSPS) is 20.7. The first-order valence-electron chi connectivity index (χ1n) is 11.8. The van der Waals surface area contributed by atoms with E-state index in [1.807, 2.05) is 48.6 Å². The van der Waals surface area contributed by atoms with Crippen LogP contribution in [-0.4, -0.2) is 24.4 Å². The maximum atomic E-state index is 13.4. The van der Waals surface area contributed by atoms with Gasteiger partial charge in [0.25, 0.3) is 0 Å². The van der Waals surface area contributed by atoms with Crippen LogP contribution in [0.3, 0.4) is 0 Å². The van der Waals surface area contributed by atoms with Crippen LogP contribution in [0.5, 0.6) is 0 Å². The zero-order chi connectivity index (χ0) is 23.3. The van der Waals surface area contributed by atoms with Crippen molar-refractivity contribution in [3.8, 4) is 0 Å². The predicted octanol–water partition coefficient (Wildman–Crippen LogP) is 7.17. The molecule has 0 fully saturated rings. The molecule has 2 rings (SSSR count). The molecule has 0 radical (unpaired) electrons. The molecular weight excluding hydrogens is 356 g/mol. The molecule has 2 unspecified atom stereocenters. The number of carbonyl (C=O) groups excluding carboxylic acids is 1. The van der Waals surface area contributed by atoms with Crippen molar-refractivity contribution >= 4 is 11.5 Å². The van der Waals surface area contributed by atoms with Gasteiger partial charge in [-0.15, -0.1) is 0 Å². The molecule has 3 heteroatoms. The molecule has 0 saturated carbocycles. The Bertz CT molecular complexity index is 580. The number of carbonyl (C=O) groups is 1. The number of anilines is 1. The van der Waals surface area contributed by atoms with Crippen LogP contribution in [0.25, 0.3) is 0 Å². The molecule has 1 aliphatic rings. The SMILES string of the molecule is CC.CC.CC.CCCC(C)(C)C1(C)Nc2c(C)cccc2CCC(NC)C1=O. The highest BCUT2D eigenvalue weighted by molar-refractivity contribution is 5.96. The van der Waals surface area contributed by atoms with Gasteiger partial charge in [-0.25, -0.2) is 0 Å². The predicted molar refractivity (Wildman–Crippen MR) is 132 cm³/mol. The second kappa shape index (κ2) is 14.6. The summed E-state index contributed by atoms with van der Waals surface area (Å²) in [5, 5.41) is 6.94. The van der Waals surface area contributed by atoms with E-state index in [9.17, 15) is 4.79 Å². The molecule has 0 spiro atoms. The van der Waals surface area contributed by atoms with Crippen molar-refractivity contribution in [2.45, 2.75) is 113 Å². The van der Waals surface area contributed by atoms with Crippen LogP contribution >= 0.6 is 0 Å². The van der Waals surface area contributed by atoms with Gasteiger partial charge in [0.1, 0.15) is 0 Å². The molecular formula is C26H50N2O. The summed E-state index contributed by atoms with van der Waals surface area (Å²) in [7, 11) is 1.90. The van der Waals surface area contributed by atoms with Crippen molar-refractivity contribution in [3.05, 3.63) is 29.3 Å². The molecule has 170 valence electrons. The van der Waals surface area contributed by atoms with Gasteiger partial charge in [0, 0.05) is 5.69 Å². The number of rotatable bonds is 4. The third-order valence-electron chi connectivity index (χ3n) is 5.82. The van der Waals surface area contributed by atoms with Gasteiger partial charge in [0.2, 0.25) is 0 Å². The minimum Gasteiger partial charge on any atom is -0.372 e. The quantitative estimate of drug-likeness (QED) is 0.556. The first kappa shape index (κ1) is 29.8. The van der Waals surface area contributed by atoms with E-state index in [0.717, 1.165) is 31.4 Å². The summed E-state index contributed by atoms with van der Waals surface area (Å²) >= 11 is 0. The van der Waals surface area contributed by atoms with Crippen molar-refractivity contribution in [1.82, 2.24) is 5.32 Å². The molecule has 1 aliphatic heterocycles. The molecule has 0 amide bonds. The van der Waals surface area contributed by atoms with E-state index in [1.165, 1.54) is 11.1 Å². The summed E-state index contributed by atoms with van der Waals surface area (Å²) in [6, 6.07) is 6.32. The second-order valence-corrected chi connectivity index (χ2v) is 7.74. The molecule has 3 nitrogen and oxygen atoms in total. The molecule has 0 saturated heterocycles. The van der Waals surface area contributed by atoms with Crippen LogP contribution in [0.15, 0.2) is 18.2 Å². The fourth-order valence-corrected chi connectivity index (χ4v) is 3.86. The number of nitrogens with one attached hydrogen (secondary N) is 2. The number of ketones is 1. The molecule has 1 heterocycles. The van der Waals surface area contributed by atoms with Gasteiger partial charge in [-0.2, -0.15) is 0 Å². The van der Waals surface area contributed by atoms with Gasteiger partial charge in [-0.1, -0.05) is 86.9 Å². The zero-order valence-corrected chi connectivity index (χ0v) is 21.5. The largest absolute Gasteiger partial charge is 0.372 e. The van der Waals surface area contributed by atoms with E-state index in [1.54, 1.807) is 0 Å². The van der Waals surface area contributed by atoms with Gasteiger partial charge < -0.3 is 10.6 Å². The number of aryl methyl sites for hydroxylation is 2. The van der Waals surface area contributed by atoms with E-state index in [0.29, 0.717) is 0 Å². The van der Waals surface area contributed by atoms with Crippen molar-refractivity contribution in [2.75, 3.05) is 12.4 Å². The number of para-hydroxylation sites is 1. The van der Waals surface area contributed by atoms with Crippen molar-refractivity contribution < 1.29 is 4.79 Å². The zero-order valence-electron chi connectivity index (χ0n) is 21.5. The minimum absolute atomic E-state index is 0.0997. The first-order valence-corrected chi connectivity index (χ1v) is 11.8. The van der Waals surface area contributed by atoms with E-state index in [2.05, 4.69) is 63.5 Å². The molecule has 0 bridgehead atoms. The monoisotopic (exact) mass is 406 g/mol. The maximum Gasteiger partial charge on any atom is 0.175 e. The van der Waals surface area contributed by atoms with Crippen LogP contribution < -0.4 is 10.6 Å². The smallest absolute Gasteiger partial charge is 0.175 e. The number of benzene rings is 1. The third-order valence-corrected chi connectivity index (χ3v) is 5.82. The van der Waals surface area contributed by atoms with Gasteiger partial charge in [0.15, 0.2) is 5.78 Å². The summed E-state index contributed by atoms with van der Waals surface area (Å²) in [6.07, 6.45) is 3.86. The molecule has 0 aliphatic carbocycles. The molecule has 0 aromatic heterocycles. The molecule has 2 atom stereocenters. The summed E-state index contributed by atoms with van der Waals surface area (Å²) in [5.74, 6) is 0.285. The highest BCUT2D eigenvalue weighted by Gasteiger charge is 2.49. The van der Waals surface area contributed by atoms with E-state index in [4.69, 9.17) is 0 Å².